The fraction of sp³-hybridized carbons (Fsp3) is 0.265. The van der Waals surface area contributed by atoms with Crippen molar-refractivity contribution >= 4 is 35.4 Å². The summed E-state index contributed by atoms with van der Waals surface area (Å²) in [6, 6.07) is 19.5. The van der Waals surface area contributed by atoms with E-state index in [1.165, 1.54) is 18.2 Å². The molecule has 43 heavy (non-hydrogen) atoms. The smallest absolute Gasteiger partial charge is 0.224 e. The summed E-state index contributed by atoms with van der Waals surface area (Å²) in [5.74, 6) is 1.21. The van der Waals surface area contributed by atoms with Gasteiger partial charge < -0.3 is 14.8 Å². The maximum atomic E-state index is 11.7. The summed E-state index contributed by atoms with van der Waals surface area (Å²) >= 11 is 14.1. The molecular formula is C34H31Cl2N3O4. The number of rotatable bonds is 8. The van der Waals surface area contributed by atoms with E-state index < -0.39 is 0 Å². The maximum Gasteiger partial charge on any atom is 0.224 e. The highest BCUT2D eigenvalue weighted by Crippen LogP contribution is 2.44. The molecule has 0 saturated carbocycles. The van der Waals surface area contributed by atoms with E-state index in [4.69, 9.17) is 32.7 Å². The molecule has 1 saturated heterocycles. The number of hydrogen-bond acceptors (Lipinski definition) is 6. The van der Waals surface area contributed by atoms with Crippen molar-refractivity contribution in [2.24, 2.45) is 0 Å². The number of amides is 1. The molecule has 3 aromatic carbocycles. The Labute approximate surface area is 260 Å². The molecule has 1 aromatic heterocycles. The summed E-state index contributed by atoms with van der Waals surface area (Å²) in [6.45, 7) is 2.52. The summed E-state index contributed by atoms with van der Waals surface area (Å²) in [5, 5.41) is 4.16. The molecule has 2 aliphatic heterocycles. The van der Waals surface area contributed by atoms with Crippen LogP contribution in [0.1, 0.15) is 34.3 Å². The molecular weight excluding hydrogens is 585 g/mol. The second-order valence-corrected chi connectivity index (χ2v) is 11.6. The number of ether oxygens (including phenoxy) is 2. The van der Waals surface area contributed by atoms with E-state index >= 15 is 0 Å². The minimum atomic E-state index is 0.141. The molecule has 6 rings (SSSR count). The topological polar surface area (TPSA) is 80.8 Å². The Kier molecular flexibility index (Phi) is 8.39. The van der Waals surface area contributed by atoms with Gasteiger partial charge in [0.15, 0.2) is 6.29 Å². The highest BCUT2D eigenvalue weighted by molar-refractivity contribution is 6.39. The normalized spacial score (nSPS) is 16.5. The van der Waals surface area contributed by atoms with Crippen LogP contribution in [-0.2, 0) is 17.8 Å². The van der Waals surface area contributed by atoms with Gasteiger partial charge in [0.2, 0.25) is 11.8 Å². The lowest BCUT2D eigenvalue weighted by Gasteiger charge is -2.32. The molecule has 7 nitrogen and oxygen atoms in total. The Morgan fingerprint density at radius 1 is 0.953 bits per heavy atom. The number of halogens is 2. The number of fused-ring (bicyclic) bond motifs is 1. The van der Waals surface area contributed by atoms with Crippen LogP contribution in [0.15, 0.2) is 60.7 Å². The van der Waals surface area contributed by atoms with Crippen molar-refractivity contribution in [3.05, 3.63) is 87.4 Å². The van der Waals surface area contributed by atoms with E-state index in [-0.39, 0.29) is 17.8 Å². The predicted octanol–water partition coefficient (Wildman–Crippen LogP) is 6.86. The van der Waals surface area contributed by atoms with Crippen molar-refractivity contribution in [3.63, 3.8) is 0 Å². The Morgan fingerprint density at radius 3 is 2.35 bits per heavy atom. The largest absolute Gasteiger partial charge is 0.496 e. The first kappa shape index (κ1) is 29.2. The van der Waals surface area contributed by atoms with E-state index in [9.17, 15) is 9.59 Å². The van der Waals surface area contributed by atoms with Gasteiger partial charge >= 0.3 is 0 Å². The molecule has 0 unspecified atom stereocenters. The summed E-state index contributed by atoms with van der Waals surface area (Å²) in [5.41, 5.74) is 7.49. The van der Waals surface area contributed by atoms with Crippen molar-refractivity contribution < 1.29 is 19.1 Å². The van der Waals surface area contributed by atoms with Gasteiger partial charge in [0.25, 0.3) is 0 Å². The number of carbonyl (C=O) groups excluding carboxylic acids is 2. The van der Waals surface area contributed by atoms with Crippen molar-refractivity contribution in [3.8, 4) is 45.1 Å². The lowest BCUT2D eigenvalue weighted by molar-refractivity contribution is -0.119. The molecule has 0 spiro atoms. The predicted molar refractivity (Wildman–Crippen MR) is 169 cm³/mol. The van der Waals surface area contributed by atoms with Gasteiger partial charge in [-0.25, -0.2) is 4.98 Å². The van der Waals surface area contributed by atoms with Crippen LogP contribution in [0.5, 0.6) is 11.6 Å². The number of benzene rings is 3. The summed E-state index contributed by atoms with van der Waals surface area (Å²) < 4.78 is 11.2. The van der Waals surface area contributed by atoms with Crippen molar-refractivity contribution in [1.29, 1.82) is 0 Å². The summed E-state index contributed by atoms with van der Waals surface area (Å²) in [4.78, 5) is 29.9. The van der Waals surface area contributed by atoms with Gasteiger partial charge in [-0.2, -0.15) is 0 Å². The van der Waals surface area contributed by atoms with Crippen LogP contribution >= 0.6 is 23.2 Å². The molecule has 1 amide bonds. The number of carbonyl (C=O) groups is 2. The summed E-state index contributed by atoms with van der Waals surface area (Å²) in [6.07, 6.45) is 3.08. The third-order valence-corrected chi connectivity index (χ3v) is 9.06. The highest BCUT2D eigenvalue weighted by Gasteiger charge is 2.27. The Hall–Kier alpha value is -3.91. The molecule has 2 aliphatic rings. The van der Waals surface area contributed by atoms with Gasteiger partial charge in [0.1, 0.15) is 5.75 Å². The van der Waals surface area contributed by atoms with E-state index in [2.05, 4.69) is 21.3 Å². The fourth-order valence-electron chi connectivity index (χ4n) is 6.06. The molecule has 3 heterocycles. The van der Waals surface area contributed by atoms with Crippen LogP contribution in [0.25, 0.3) is 33.5 Å². The van der Waals surface area contributed by atoms with Crippen LogP contribution in [0, 0.1) is 0 Å². The molecule has 0 bridgehead atoms. The minimum absolute atomic E-state index is 0.141. The molecule has 0 radical (unpaired) electrons. The van der Waals surface area contributed by atoms with Gasteiger partial charge in [0.05, 0.1) is 35.5 Å². The lowest BCUT2D eigenvalue weighted by Crippen LogP contribution is -2.41. The van der Waals surface area contributed by atoms with Gasteiger partial charge in [-0.05, 0) is 42.2 Å². The van der Waals surface area contributed by atoms with E-state index in [1.54, 1.807) is 19.2 Å². The SMILES string of the molecule is COc1cc(-c2cccc(-c3cccc(-c4ccc(C=O)c(OC)n4)c3Cl)c2Cl)cc2c1CN(C[C@@H]1CCC(=O)N1)CC2. The van der Waals surface area contributed by atoms with E-state index in [0.717, 1.165) is 60.5 Å². The van der Waals surface area contributed by atoms with Gasteiger partial charge in [0, 0.05) is 59.9 Å². The number of nitrogens with one attached hydrogen (secondary N) is 1. The second-order valence-electron chi connectivity index (χ2n) is 10.9. The third kappa shape index (κ3) is 5.73. The number of aromatic nitrogens is 1. The standard InChI is InChI=1S/C34H31Cl2N3O4/c1-42-30-16-22(15-20-13-14-39(18-28(20)30)17-23-10-12-31(41)37-23)24-5-3-6-25(32(24)35)26-7-4-8-27(33(26)36)29-11-9-21(19-40)34(38-29)43-2/h3-9,11,15-16,19,23H,10,12-14,17-18H2,1-2H3,(H,37,41)/t23-/m0/s1. The molecule has 1 fully saturated rings. The molecule has 0 aliphatic carbocycles. The Bertz CT molecular complexity index is 1710. The number of nitrogens with zero attached hydrogens (tertiary/aromatic N) is 2. The van der Waals surface area contributed by atoms with E-state index in [1.807, 2.05) is 42.5 Å². The highest BCUT2D eigenvalue weighted by atomic mass is 35.5. The second kappa shape index (κ2) is 12.4. The van der Waals surface area contributed by atoms with Crippen molar-refractivity contribution in [2.45, 2.75) is 31.8 Å². The first-order chi connectivity index (χ1) is 20.9. The van der Waals surface area contributed by atoms with Crippen LogP contribution in [0.4, 0.5) is 0 Å². The third-order valence-electron chi connectivity index (χ3n) is 8.25. The monoisotopic (exact) mass is 615 g/mol. The molecule has 9 heteroatoms. The number of methoxy groups -OCH3 is 2. The summed E-state index contributed by atoms with van der Waals surface area (Å²) in [7, 11) is 3.18. The van der Waals surface area contributed by atoms with Crippen LogP contribution in [-0.4, -0.2) is 55.4 Å². The van der Waals surface area contributed by atoms with Crippen molar-refractivity contribution in [1.82, 2.24) is 15.2 Å². The molecule has 4 aromatic rings. The fourth-order valence-corrected chi connectivity index (χ4v) is 6.72. The first-order valence-electron chi connectivity index (χ1n) is 14.2. The van der Waals surface area contributed by atoms with Gasteiger partial charge in [-0.1, -0.05) is 65.7 Å². The lowest BCUT2D eigenvalue weighted by atomic mass is 9.91. The quantitative estimate of drug-likeness (QED) is 0.218. The maximum absolute atomic E-state index is 11.7. The van der Waals surface area contributed by atoms with Crippen LogP contribution in [0.3, 0.4) is 0 Å². The molecule has 1 N–H and O–H groups in total. The van der Waals surface area contributed by atoms with Crippen LogP contribution in [0.2, 0.25) is 10.0 Å². The number of aldehydes is 1. The molecule has 220 valence electrons. The Balaban J connectivity index is 1.33. The average Bonchev–Trinajstić information content (AvgIpc) is 3.44. The molecule has 1 atom stereocenters. The zero-order valence-corrected chi connectivity index (χ0v) is 25.5. The number of hydrogen-bond donors (Lipinski definition) is 1. The van der Waals surface area contributed by atoms with E-state index in [0.29, 0.717) is 39.6 Å². The average molecular weight is 617 g/mol. The first-order valence-corrected chi connectivity index (χ1v) is 15.0. The minimum Gasteiger partial charge on any atom is -0.496 e. The van der Waals surface area contributed by atoms with Gasteiger partial charge in [-0.3, -0.25) is 14.5 Å². The zero-order chi connectivity index (χ0) is 30.1. The Morgan fingerprint density at radius 2 is 1.67 bits per heavy atom. The zero-order valence-electron chi connectivity index (χ0n) is 24.0. The van der Waals surface area contributed by atoms with Gasteiger partial charge in [-0.15, -0.1) is 0 Å². The number of pyridine rings is 1. The van der Waals surface area contributed by atoms with Crippen molar-refractivity contribution in [2.75, 3.05) is 27.3 Å². The van der Waals surface area contributed by atoms with Crippen LogP contribution < -0.4 is 14.8 Å².